The maximum Gasteiger partial charge on any atom is 0.119 e. The monoisotopic (exact) mass is 278 g/mol. The lowest BCUT2D eigenvalue weighted by atomic mass is 9.67. The van der Waals surface area contributed by atoms with E-state index in [9.17, 15) is 9.32 Å². The highest BCUT2D eigenvalue weighted by molar-refractivity contribution is 8.12. The maximum atomic E-state index is 12.2. The van der Waals surface area contributed by atoms with Crippen molar-refractivity contribution in [3.05, 3.63) is 0 Å². The molecule has 1 N–H and O–H groups in total. The van der Waals surface area contributed by atoms with Crippen molar-refractivity contribution in [1.82, 2.24) is 0 Å². The van der Waals surface area contributed by atoms with Gasteiger partial charge in [-0.15, -0.1) is 11.8 Å². The number of unbranched alkanes of at least 4 members (excludes halogenated alkanes) is 2. The van der Waals surface area contributed by atoms with Gasteiger partial charge in [0.25, 0.3) is 0 Å². The van der Waals surface area contributed by atoms with Crippen molar-refractivity contribution in [1.29, 1.82) is 0 Å². The van der Waals surface area contributed by atoms with Gasteiger partial charge in [-0.3, -0.25) is 4.21 Å². The molecule has 4 unspecified atom stereocenters. The third-order valence-corrected chi connectivity index (χ3v) is 8.24. The molecule has 0 saturated heterocycles. The van der Waals surface area contributed by atoms with Crippen molar-refractivity contribution < 1.29 is 9.32 Å². The molecule has 102 valence electrons. The van der Waals surface area contributed by atoms with E-state index in [4.69, 9.17) is 0 Å². The van der Waals surface area contributed by atoms with Gasteiger partial charge in [-0.05, 0) is 31.4 Å². The molecule has 1 aliphatic rings. The zero-order valence-corrected chi connectivity index (χ0v) is 13.1. The Balaban J connectivity index is 2.88. The number of thioether (sulfide) groups is 1. The van der Waals surface area contributed by atoms with E-state index >= 15 is 0 Å². The van der Waals surface area contributed by atoms with E-state index in [0.29, 0.717) is 0 Å². The van der Waals surface area contributed by atoms with Crippen LogP contribution in [0.5, 0.6) is 0 Å². The van der Waals surface area contributed by atoms with Gasteiger partial charge in [0, 0.05) is 17.1 Å². The lowest BCUT2D eigenvalue weighted by Gasteiger charge is -2.55. The number of hydrogen-bond donors (Lipinski definition) is 1. The van der Waals surface area contributed by atoms with Crippen LogP contribution >= 0.6 is 11.8 Å². The van der Waals surface area contributed by atoms with Crippen LogP contribution in [0.25, 0.3) is 0 Å². The minimum Gasteiger partial charge on any atom is -0.387 e. The summed E-state index contributed by atoms with van der Waals surface area (Å²) in [6.45, 7) is 4.26. The molecule has 1 aliphatic carbocycles. The maximum absolute atomic E-state index is 12.2. The Morgan fingerprint density at radius 3 is 2.47 bits per heavy atom. The summed E-state index contributed by atoms with van der Waals surface area (Å²) in [5.41, 5.74) is -0.722. The van der Waals surface area contributed by atoms with E-state index in [-0.39, 0.29) is 5.92 Å². The second kappa shape index (κ2) is 6.07. The largest absolute Gasteiger partial charge is 0.387 e. The molecule has 0 amide bonds. The molecular formula is C13H26O2S2. The minimum absolute atomic E-state index is 0.278. The topological polar surface area (TPSA) is 37.3 Å². The number of aliphatic hydroxyl groups is 1. The molecule has 1 fully saturated rings. The molecule has 0 aromatic heterocycles. The fourth-order valence-electron chi connectivity index (χ4n) is 2.89. The second-order valence-electron chi connectivity index (χ2n) is 5.23. The van der Waals surface area contributed by atoms with Crippen LogP contribution in [0.3, 0.4) is 0 Å². The van der Waals surface area contributed by atoms with Crippen LogP contribution in [0, 0.1) is 5.92 Å². The van der Waals surface area contributed by atoms with Gasteiger partial charge >= 0.3 is 0 Å². The molecule has 2 nitrogen and oxygen atoms in total. The van der Waals surface area contributed by atoms with Crippen molar-refractivity contribution in [3.8, 4) is 0 Å². The fraction of sp³-hybridized carbons (Fsp3) is 1.00. The molecular weight excluding hydrogens is 252 g/mol. The lowest BCUT2D eigenvalue weighted by Crippen LogP contribution is -2.63. The van der Waals surface area contributed by atoms with Crippen molar-refractivity contribution in [3.63, 3.8) is 0 Å². The summed E-state index contributed by atoms with van der Waals surface area (Å²) in [7, 11) is -0.991. The van der Waals surface area contributed by atoms with Gasteiger partial charge < -0.3 is 5.11 Å². The third kappa shape index (κ3) is 2.59. The van der Waals surface area contributed by atoms with Crippen molar-refractivity contribution in [2.45, 2.75) is 62.1 Å². The highest BCUT2D eigenvalue weighted by Crippen LogP contribution is 2.54. The van der Waals surface area contributed by atoms with Crippen LogP contribution in [-0.4, -0.2) is 31.5 Å². The summed E-state index contributed by atoms with van der Waals surface area (Å²) in [4.78, 5) is 0. The van der Waals surface area contributed by atoms with Gasteiger partial charge in [0.05, 0.1) is 5.60 Å². The molecule has 0 aromatic rings. The number of rotatable bonds is 7. The van der Waals surface area contributed by atoms with E-state index in [1.807, 2.05) is 6.26 Å². The molecule has 4 atom stereocenters. The quantitative estimate of drug-likeness (QED) is 0.727. The second-order valence-corrected chi connectivity index (χ2v) is 8.20. The van der Waals surface area contributed by atoms with Crippen LogP contribution < -0.4 is 0 Å². The summed E-state index contributed by atoms with van der Waals surface area (Å²) in [6.07, 6.45) is 9.86. The first-order valence-corrected chi connectivity index (χ1v) is 9.34. The van der Waals surface area contributed by atoms with Crippen molar-refractivity contribution in [2.24, 2.45) is 5.92 Å². The van der Waals surface area contributed by atoms with Gasteiger partial charge in [-0.25, -0.2) is 0 Å². The summed E-state index contributed by atoms with van der Waals surface area (Å²) in [6, 6.07) is 0. The zero-order chi connectivity index (χ0) is 13.1. The van der Waals surface area contributed by atoms with Gasteiger partial charge in [-0.1, -0.05) is 33.1 Å². The van der Waals surface area contributed by atoms with E-state index in [0.717, 1.165) is 38.5 Å². The fourth-order valence-corrected chi connectivity index (χ4v) is 6.06. The Kier molecular flexibility index (Phi) is 5.54. The van der Waals surface area contributed by atoms with Gasteiger partial charge in [0.1, 0.15) is 4.08 Å². The SMILES string of the molecule is CCCCCC(SC)(S(C)=O)C1(O)CCC1C. The smallest absolute Gasteiger partial charge is 0.119 e. The first-order chi connectivity index (χ1) is 7.94. The minimum atomic E-state index is -0.991. The van der Waals surface area contributed by atoms with Crippen molar-refractivity contribution >= 4 is 22.6 Å². The number of hydrogen-bond acceptors (Lipinski definition) is 3. The van der Waals surface area contributed by atoms with Gasteiger partial charge in [0.15, 0.2) is 0 Å². The highest BCUT2D eigenvalue weighted by Gasteiger charge is 2.59. The molecule has 0 spiro atoms. The van der Waals surface area contributed by atoms with Crippen LogP contribution in [0.1, 0.15) is 52.4 Å². The van der Waals surface area contributed by atoms with E-state index in [1.54, 1.807) is 18.0 Å². The van der Waals surface area contributed by atoms with Crippen LogP contribution in [-0.2, 0) is 10.8 Å². The average molecular weight is 278 g/mol. The summed E-state index contributed by atoms with van der Waals surface area (Å²) in [5.74, 6) is 0.278. The summed E-state index contributed by atoms with van der Waals surface area (Å²) < 4.78 is 11.7. The van der Waals surface area contributed by atoms with Crippen LogP contribution in [0.4, 0.5) is 0 Å². The Labute approximate surface area is 112 Å². The van der Waals surface area contributed by atoms with E-state index in [2.05, 4.69) is 13.8 Å². The zero-order valence-electron chi connectivity index (χ0n) is 11.5. The Bertz CT molecular complexity index is 283. The summed E-state index contributed by atoms with van der Waals surface area (Å²) >= 11 is 1.61. The standard InChI is InChI=1S/C13H26O2S2/c1-5-6-7-9-13(16-3,17(4)15)12(14)10-8-11(12)2/h11,14H,5-10H2,1-4H3. The van der Waals surface area contributed by atoms with Crippen LogP contribution in [0.2, 0.25) is 0 Å². The molecule has 1 saturated carbocycles. The first kappa shape index (κ1) is 15.5. The van der Waals surface area contributed by atoms with Crippen molar-refractivity contribution in [2.75, 3.05) is 12.5 Å². The lowest BCUT2D eigenvalue weighted by molar-refractivity contribution is -0.0972. The van der Waals surface area contributed by atoms with Crippen LogP contribution in [0.15, 0.2) is 0 Å². The molecule has 0 heterocycles. The molecule has 0 bridgehead atoms. The third-order valence-electron chi connectivity index (χ3n) is 4.34. The Hall–Kier alpha value is 0.460. The summed E-state index contributed by atoms with van der Waals surface area (Å²) in [5, 5.41) is 10.8. The molecule has 0 aliphatic heterocycles. The van der Waals surface area contributed by atoms with Gasteiger partial charge in [0.2, 0.25) is 0 Å². The molecule has 17 heavy (non-hydrogen) atoms. The van der Waals surface area contributed by atoms with Gasteiger partial charge in [-0.2, -0.15) is 0 Å². The highest BCUT2D eigenvalue weighted by atomic mass is 32.2. The molecule has 4 heteroatoms. The average Bonchev–Trinajstić information content (AvgIpc) is 2.32. The van der Waals surface area contributed by atoms with E-state index < -0.39 is 20.5 Å². The Morgan fingerprint density at radius 2 is 2.18 bits per heavy atom. The molecule has 0 radical (unpaired) electrons. The van der Waals surface area contributed by atoms with E-state index in [1.165, 1.54) is 0 Å². The normalized spacial score (nSPS) is 33.8. The predicted octanol–water partition coefficient (Wildman–Crippen LogP) is 3.17. The molecule has 1 rings (SSSR count). The Morgan fingerprint density at radius 1 is 1.53 bits per heavy atom. The first-order valence-electron chi connectivity index (χ1n) is 6.55. The molecule has 0 aromatic carbocycles. The predicted molar refractivity (Wildman–Crippen MR) is 77.8 cm³/mol.